The third kappa shape index (κ3) is 6.82. The average molecular weight is 454 g/mol. The lowest BCUT2D eigenvalue weighted by Gasteiger charge is -2.08. The van der Waals surface area contributed by atoms with E-state index in [9.17, 15) is 4.79 Å². The minimum Gasteiger partial charge on any atom is -0.484 e. The third-order valence-corrected chi connectivity index (χ3v) is 5.64. The number of aryl methyl sites for hydroxylation is 1. The Labute approximate surface area is 201 Å². The van der Waals surface area contributed by atoms with Crippen molar-refractivity contribution in [1.82, 2.24) is 14.9 Å². The fourth-order valence-corrected chi connectivity index (χ4v) is 3.91. The second-order valence-electron chi connectivity index (χ2n) is 8.20. The Hall–Kier alpha value is -3.86. The van der Waals surface area contributed by atoms with E-state index in [4.69, 9.17) is 9.72 Å². The molecule has 4 rings (SSSR count). The molecule has 0 radical (unpaired) electrons. The van der Waals surface area contributed by atoms with Crippen molar-refractivity contribution < 1.29 is 9.53 Å². The van der Waals surface area contributed by atoms with Crippen molar-refractivity contribution in [3.05, 3.63) is 102 Å². The molecule has 0 unspecified atom stereocenters. The number of hydrogen-bond donors (Lipinski definition) is 1. The van der Waals surface area contributed by atoms with Gasteiger partial charge in [-0.15, -0.1) is 0 Å². The van der Waals surface area contributed by atoms with Crippen LogP contribution in [0, 0.1) is 0 Å². The standard InChI is InChI=1S/C29H31N3O2/c33-29(23-34-25-16-6-2-7-17-25)30-21-11-3-8-20-28-31-26-18-9-10-19-27(26)32(28)22-12-15-24-13-4-1-5-14-24/h1-2,4-7,9-10,12-19H,3,8,11,20-23H2,(H,30,33)/b15-12+. The average Bonchev–Trinajstić information content (AvgIpc) is 3.23. The summed E-state index contributed by atoms with van der Waals surface area (Å²) in [6, 6.07) is 28.0. The van der Waals surface area contributed by atoms with Gasteiger partial charge in [-0.25, -0.2) is 4.98 Å². The number of allylic oxidation sites excluding steroid dienone is 1. The van der Waals surface area contributed by atoms with Gasteiger partial charge in [0.05, 0.1) is 11.0 Å². The maximum absolute atomic E-state index is 12.0. The van der Waals surface area contributed by atoms with Crippen molar-refractivity contribution in [2.45, 2.75) is 32.2 Å². The molecule has 1 N–H and O–H groups in total. The van der Waals surface area contributed by atoms with E-state index in [0.717, 1.165) is 43.6 Å². The molecule has 0 aliphatic heterocycles. The topological polar surface area (TPSA) is 56.1 Å². The number of hydrogen-bond acceptors (Lipinski definition) is 3. The predicted molar refractivity (Wildman–Crippen MR) is 138 cm³/mol. The molecule has 174 valence electrons. The second kappa shape index (κ2) is 12.4. The fourth-order valence-electron chi connectivity index (χ4n) is 3.91. The number of unbranched alkanes of at least 4 members (excludes halogenated alkanes) is 2. The highest BCUT2D eigenvalue weighted by Gasteiger charge is 2.09. The predicted octanol–water partition coefficient (Wildman–Crippen LogP) is 5.66. The molecular formula is C29H31N3O2. The molecule has 0 aliphatic carbocycles. The SMILES string of the molecule is O=C(COc1ccccc1)NCCCCCc1nc2ccccc2n1C/C=C/c1ccccc1. The second-order valence-corrected chi connectivity index (χ2v) is 8.20. The Kier molecular flexibility index (Phi) is 8.50. The number of aromatic nitrogens is 2. The molecule has 0 fully saturated rings. The number of para-hydroxylation sites is 3. The number of nitrogens with one attached hydrogen (secondary N) is 1. The summed E-state index contributed by atoms with van der Waals surface area (Å²) in [4.78, 5) is 16.8. The van der Waals surface area contributed by atoms with Gasteiger partial charge in [0.1, 0.15) is 11.6 Å². The minimum atomic E-state index is -0.0872. The molecule has 34 heavy (non-hydrogen) atoms. The van der Waals surface area contributed by atoms with Crippen LogP contribution in [-0.2, 0) is 17.8 Å². The largest absolute Gasteiger partial charge is 0.484 e. The van der Waals surface area contributed by atoms with Gasteiger partial charge in [-0.2, -0.15) is 0 Å². The lowest BCUT2D eigenvalue weighted by atomic mass is 10.2. The van der Waals surface area contributed by atoms with E-state index < -0.39 is 0 Å². The zero-order valence-electron chi connectivity index (χ0n) is 19.4. The summed E-state index contributed by atoms with van der Waals surface area (Å²) in [6.45, 7) is 1.50. The van der Waals surface area contributed by atoms with Gasteiger partial charge >= 0.3 is 0 Å². The van der Waals surface area contributed by atoms with E-state index >= 15 is 0 Å². The summed E-state index contributed by atoms with van der Waals surface area (Å²) in [6.07, 6.45) is 8.26. The molecule has 1 amide bonds. The molecule has 4 aromatic rings. The van der Waals surface area contributed by atoms with E-state index in [1.54, 1.807) is 0 Å². The number of carbonyl (C=O) groups is 1. The van der Waals surface area contributed by atoms with Gasteiger partial charge in [0.15, 0.2) is 6.61 Å². The Morgan fingerprint density at radius 1 is 0.882 bits per heavy atom. The van der Waals surface area contributed by atoms with Crippen LogP contribution in [0.1, 0.15) is 30.7 Å². The number of carbonyl (C=O) groups excluding carboxylic acids is 1. The summed E-state index contributed by atoms with van der Waals surface area (Å²) >= 11 is 0. The molecule has 0 aliphatic rings. The van der Waals surface area contributed by atoms with Crippen LogP contribution in [0.3, 0.4) is 0 Å². The lowest BCUT2D eigenvalue weighted by Crippen LogP contribution is -2.29. The normalized spacial score (nSPS) is 11.2. The summed E-state index contributed by atoms with van der Waals surface area (Å²) in [5.74, 6) is 1.73. The van der Waals surface area contributed by atoms with Crippen molar-refractivity contribution in [3.63, 3.8) is 0 Å². The van der Waals surface area contributed by atoms with Gasteiger partial charge in [0.25, 0.3) is 5.91 Å². The van der Waals surface area contributed by atoms with Gasteiger partial charge in [-0.1, -0.05) is 79.2 Å². The van der Waals surface area contributed by atoms with Crippen LogP contribution in [0.2, 0.25) is 0 Å². The first kappa shape index (κ1) is 23.3. The lowest BCUT2D eigenvalue weighted by molar-refractivity contribution is -0.123. The van der Waals surface area contributed by atoms with Crippen LogP contribution >= 0.6 is 0 Å². The Morgan fingerprint density at radius 2 is 1.62 bits per heavy atom. The molecule has 1 aromatic heterocycles. The Morgan fingerprint density at radius 3 is 2.44 bits per heavy atom. The number of benzene rings is 3. The highest BCUT2D eigenvalue weighted by atomic mass is 16.5. The van der Waals surface area contributed by atoms with Crippen LogP contribution in [0.15, 0.2) is 91.0 Å². The first-order valence-electron chi connectivity index (χ1n) is 11.9. The summed E-state index contributed by atoms with van der Waals surface area (Å²) in [7, 11) is 0. The monoisotopic (exact) mass is 453 g/mol. The van der Waals surface area contributed by atoms with E-state index in [2.05, 4.69) is 64.5 Å². The van der Waals surface area contributed by atoms with Gasteiger partial charge in [0, 0.05) is 19.5 Å². The highest BCUT2D eigenvalue weighted by Crippen LogP contribution is 2.18. The molecular weight excluding hydrogens is 422 g/mol. The first-order chi connectivity index (χ1) is 16.8. The van der Waals surface area contributed by atoms with Crippen molar-refractivity contribution in [2.75, 3.05) is 13.2 Å². The van der Waals surface area contributed by atoms with Crippen molar-refractivity contribution in [1.29, 1.82) is 0 Å². The smallest absolute Gasteiger partial charge is 0.257 e. The summed E-state index contributed by atoms with van der Waals surface area (Å²) in [5.41, 5.74) is 3.40. The summed E-state index contributed by atoms with van der Waals surface area (Å²) in [5, 5.41) is 2.93. The van der Waals surface area contributed by atoms with E-state index in [0.29, 0.717) is 12.3 Å². The maximum atomic E-state index is 12.0. The van der Waals surface area contributed by atoms with E-state index in [1.807, 2.05) is 42.5 Å². The van der Waals surface area contributed by atoms with Gasteiger partial charge in [-0.05, 0) is 42.7 Å². The zero-order valence-corrected chi connectivity index (χ0v) is 19.4. The van der Waals surface area contributed by atoms with Gasteiger partial charge in [-0.3, -0.25) is 4.79 Å². The molecule has 0 bridgehead atoms. The van der Waals surface area contributed by atoms with Crippen LogP contribution in [-0.4, -0.2) is 28.6 Å². The number of rotatable bonds is 12. The van der Waals surface area contributed by atoms with Gasteiger partial charge in [0.2, 0.25) is 0 Å². The molecule has 5 heteroatoms. The molecule has 3 aromatic carbocycles. The van der Waals surface area contributed by atoms with Crippen molar-refractivity contribution in [3.8, 4) is 5.75 Å². The van der Waals surface area contributed by atoms with Crippen molar-refractivity contribution >= 4 is 23.0 Å². The number of ether oxygens (including phenoxy) is 1. The van der Waals surface area contributed by atoms with E-state index in [-0.39, 0.29) is 12.5 Å². The number of imidazole rings is 1. The van der Waals surface area contributed by atoms with Crippen LogP contribution in [0.5, 0.6) is 5.75 Å². The van der Waals surface area contributed by atoms with Gasteiger partial charge < -0.3 is 14.6 Å². The zero-order chi connectivity index (χ0) is 23.4. The summed E-state index contributed by atoms with van der Waals surface area (Å²) < 4.78 is 7.78. The highest BCUT2D eigenvalue weighted by molar-refractivity contribution is 5.77. The minimum absolute atomic E-state index is 0.0462. The van der Waals surface area contributed by atoms with E-state index in [1.165, 1.54) is 11.1 Å². The first-order valence-corrected chi connectivity index (χ1v) is 11.9. The third-order valence-electron chi connectivity index (χ3n) is 5.64. The molecule has 1 heterocycles. The quantitative estimate of drug-likeness (QED) is 0.282. The number of fused-ring (bicyclic) bond motifs is 1. The Bertz CT molecular complexity index is 1200. The Balaban J connectivity index is 1.22. The van der Waals surface area contributed by atoms with Crippen molar-refractivity contribution in [2.24, 2.45) is 0 Å². The molecule has 0 saturated carbocycles. The maximum Gasteiger partial charge on any atom is 0.257 e. The molecule has 0 spiro atoms. The molecule has 0 atom stereocenters. The number of nitrogens with zero attached hydrogens (tertiary/aromatic N) is 2. The molecule has 0 saturated heterocycles. The van der Waals surface area contributed by atoms with Crippen LogP contribution < -0.4 is 10.1 Å². The van der Waals surface area contributed by atoms with Crippen LogP contribution in [0.4, 0.5) is 0 Å². The number of amides is 1. The molecule has 5 nitrogen and oxygen atoms in total. The van der Waals surface area contributed by atoms with Crippen LogP contribution in [0.25, 0.3) is 17.1 Å². The fraction of sp³-hybridized carbons (Fsp3) is 0.241.